The lowest BCUT2D eigenvalue weighted by Crippen LogP contribution is -2.57. The maximum absolute atomic E-state index is 12.3. The maximum Gasteiger partial charge on any atom is 0.453 e. The molecule has 0 aliphatic carbocycles. The Morgan fingerprint density at radius 1 is 1.00 bits per heavy atom. The number of rotatable bonds is 2. The van der Waals surface area contributed by atoms with Gasteiger partial charge < -0.3 is 4.74 Å². The lowest BCUT2D eigenvalue weighted by Gasteiger charge is -2.31. The number of hydrogen-bond acceptors (Lipinski definition) is 1. The fourth-order valence-electron chi connectivity index (χ4n) is 0.441. The van der Waals surface area contributed by atoms with Crippen LogP contribution in [-0.4, -0.2) is 32.8 Å². The van der Waals surface area contributed by atoms with Crippen molar-refractivity contribution in [3.63, 3.8) is 0 Å². The standard InChI is InChI=1S/C4H3BF6O/c1-12-2(6,3(5,7)8)4(9,10)11/h1H3. The van der Waals surface area contributed by atoms with E-state index in [1.807, 2.05) is 0 Å². The van der Waals surface area contributed by atoms with E-state index in [0.29, 0.717) is 0 Å². The van der Waals surface area contributed by atoms with Crippen LogP contribution in [0, 0.1) is 0 Å². The van der Waals surface area contributed by atoms with Crippen LogP contribution < -0.4 is 0 Å². The van der Waals surface area contributed by atoms with E-state index in [1.54, 1.807) is 0 Å². The molecule has 1 nitrogen and oxygen atoms in total. The second kappa shape index (κ2) is 2.83. The molecule has 8 heteroatoms. The lowest BCUT2D eigenvalue weighted by molar-refractivity contribution is -0.373. The molecule has 1 unspecified atom stereocenters. The van der Waals surface area contributed by atoms with Gasteiger partial charge in [-0.05, 0) is 0 Å². The molecule has 12 heavy (non-hydrogen) atoms. The van der Waals surface area contributed by atoms with Gasteiger partial charge >= 0.3 is 12.0 Å². The van der Waals surface area contributed by atoms with E-state index in [-0.39, 0.29) is 7.11 Å². The average Bonchev–Trinajstić information content (AvgIpc) is 1.81. The summed E-state index contributed by atoms with van der Waals surface area (Å²) in [6.45, 7) is 0. The third-order valence-corrected chi connectivity index (χ3v) is 1.07. The quantitative estimate of drug-likeness (QED) is 0.477. The molecule has 0 saturated carbocycles. The van der Waals surface area contributed by atoms with Crippen LogP contribution in [0.1, 0.15) is 0 Å². The Balaban J connectivity index is 4.95. The van der Waals surface area contributed by atoms with Crippen molar-refractivity contribution in [2.75, 3.05) is 7.11 Å². The SMILES string of the molecule is [B]C(F)(F)C(F)(OC)C(F)(F)F. The predicted molar refractivity (Wildman–Crippen MR) is 27.6 cm³/mol. The van der Waals surface area contributed by atoms with Gasteiger partial charge in [0.15, 0.2) is 7.85 Å². The van der Waals surface area contributed by atoms with E-state index >= 15 is 0 Å². The van der Waals surface area contributed by atoms with E-state index in [1.165, 1.54) is 0 Å². The summed E-state index contributed by atoms with van der Waals surface area (Å²) < 4.78 is 73.6. The molecule has 1 atom stereocenters. The number of alkyl halides is 6. The first-order valence-electron chi connectivity index (χ1n) is 2.53. The Morgan fingerprint density at radius 3 is 1.33 bits per heavy atom. The highest BCUT2D eigenvalue weighted by Crippen LogP contribution is 2.43. The van der Waals surface area contributed by atoms with Crippen LogP contribution in [0.25, 0.3) is 0 Å². The van der Waals surface area contributed by atoms with Gasteiger partial charge in [0.1, 0.15) is 0 Å². The molecule has 0 aliphatic rings. The highest BCUT2D eigenvalue weighted by atomic mass is 19.4. The highest BCUT2D eigenvalue weighted by Gasteiger charge is 2.69. The van der Waals surface area contributed by atoms with Gasteiger partial charge in [0.25, 0.3) is 5.82 Å². The number of halogens is 6. The van der Waals surface area contributed by atoms with Crippen LogP contribution in [0.4, 0.5) is 26.3 Å². The van der Waals surface area contributed by atoms with E-state index < -0.39 is 17.9 Å². The minimum Gasteiger partial charge on any atom is -0.338 e. The molecular formula is C4H3BF6O. The summed E-state index contributed by atoms with van der Waals surface area (Å²) in [7, 11) is 3.80. The predicted octanol–water partition coefficient (Wildman–Crippen LogP) is 1.62. The van der Waals surface area contributed by atoms with Gasteiger partial charge in [0.2, 0.25) is 0 Å². The fraction of sp³-hybridized carbons (Fsp3) is 1.00. The smallest absolute Gasteiger partial charge is 0.338 e. The molecule has 70 valence electrons. The Hall–Kier alpha value is -0.395. The molecule has 0 aromatic heterocycles. The number of hydrogen-bond donors (Lipinski definition) is 0. The highest BCUT2D eigenvalue weighted by molar-refractivity contribution is 6.14. The van der Waals surface area contributed by atoms with Gasteiger partial charge in [-0.25, -0.2) is 8.78 Å². The van der Waals surface area contributed by atoms with Gasteiger partial charge in [0, 0.05) is 7.11 Å². The van der Waals surface area contributed by atoms with E-state index in [2.05, 4.69) is 12.6 Å². The van der Waals surface area contributed by atoms with Gasteiger partial charge in [-0.2, -0.15) is 17.6 Å². The van der Waals surface area contributed by atoms with Gasteiger partial charge in [0.05, 0.1) is 0 Å². The monoisotopic (exact) mass is 192 g/mol. The van der Waals surface area contributed by atoms with Gasteiger partial charge in [-0.15, -0.1) is 0 Å². The maximum atomic E-state index is 12.3. The largest absolute Gasteiger partial charge is 0.453 e. The van der Waals surface area contributed by atoms with Crippen molar-refractivity contribution < 1.29 is 31.1 Å². The number of methoxy groups -OCH3 is 1. The lowest BCUT2D eigenvalue weighted by atomic mass is 9.90. The molecule has 0 aromatic rings. The Bertz CT molecular complexity index is 146. The molecular weight excluding hydrogens is 189 g/mol. The molecule has 0 fully saturated rings. The summed E-state index contributed by atoms with van der Waals surface area (Å²) in [6.07, 6.45) is -5.88. The summed E-state index contributed by atoms with van der Waals surface area (Å²) in [5.41, 5.74) is 0. The van der Waals surface area contributed by atoms with Crippen molar-refractivity contribution in [3.05, 3.63) is 0 Å². The molecule has 0 spiro atoms. The molecule has 0 aromatic carbocycles. The van der Waals surface area contributed by atoms with Crippen LogP contribution in [0.3, 0.4) is 0 Å². The zero-order chi connectivity index (χ0) is 10.2. The van der Waals surface area contributed by atoms with Crippen LogP contribution in [0.15, 0.2) is 0 Å². The zero-order valence-electron chi connectivity index (χ0n) is 5.75. The van der Waals surface area contributed by atoms with Crippen molar-refractivity contribution in [1.29, 1.82) is 0 Å². The minimum absolute atomic E-state index is 0.147. The number of ether oxygens (including phenoxy) is 1. The van der Waals surface area contributed by atoms with Crippen LogP contribution in [0.2, 0.25) is 0 Å². The summed E-state index contributed by atoms with van der Waals surface area (Å²) in [5, 5.41) is 0. The topological polar surface area (TPSA) is 9.23 Å². The Morgan fingerprint density at radius 2 is 1.33 bits per heavy atom. The molecule has 0 amide bonds. The van der Waals surface area contributed by atoms with Crippen molar-refractivity contribution in [3.8, 4) is 0 Å². The van der Waals surface area contributed by atoms with Crippen LogP contribution in [-0.2, 0) is 4.74 Å². The summed E-state index contributed by atoms with van der Waals surface area (Å²) >= 11 is 0. The summed E-state index contributed by atoms with van der Waals surface area (Å²) in [4.78, 5) is 0. The Labute approximate surface area is 65.1 Å². The molecule has 2 radical (unpaired) electrons. The fourth-order valence-corrected chi connectivity index (χ4v) is 0.441. The van der Waals surface area contributed by atoms with Crippen molar-refractivity contribution in [2.45, 2.75) is 17.9 Å². The molecule has 0 bridgehead atoms. The third-order valence-electron chi connectivity index (χ3n) is 1.07. The van der Waals surface area contributed by atoms with E-state index in [9.17, 15) is 26.3 Å². The first kappa shape index (κ1) is 11.6. The van der Waals surface area contributed by atoms with Crippen molar-refractivity contribution in [2.24, 2.45) is 0 Å². The molecule has 0 N–H and O–H groups in total. The van der Waals surface area contributed by atoms with E-state index in [0.717, 1.165) is 0 Å². The Kier molecular flexibility index (Phi) is 2.73. The third kappa shape index (κ3) is 1.68. The molecule has 0 rings (SSSR count). The van der Waals surface area contributed by atoms with Gasteiger partial charge in [-0.1, -0.05) is 0 Å². The minimum atomic E-state index is -5.88. The first-order valence-corrected chi connectivity index (χ1v) is 2.53. The first-order chi connectivity index (χ1) is 5.06. The van der Waals surface area contributed by atoms with Crippen molar-refractivity contribution in [1.82, 2.24) is 0 Å². The van der Waals surface area contributed by atoms with Crippen molar-refractivity contribution >= 4 is 7.85 Å². The summed E-state index contributed by atoms with van der Waals surface area (Å²) in [5.74, 6) is -10.3. The normalized spacial score (nSPS) is 18.9. The second-order valence-electron chi connectivity index (χ2n) is 1.92. The second-order valence-corrected chi connectivity index (χ2v) is 1.92. The van der Waals surface area contributed by atoms with E-state index in [4.69, 9.17) is 0 Å². The molecule has 0 heterocycles. The molecule has 0 saturated heterocycles. The summed E-state index contributed by atoms with van der Waals surface area (Å²) in [6, 6.07) is 0. The molecule has 0 aliphatic heterocycles. The van der Waals surface area contributed by atoms with Crippen LogP contribution in [0.5, 0.6) is 0 Å². The average molecular weight is 192 g/mol. The van der Waals surface area contributed by atoms with Crippen LogP contribution >= 0.6 is 0 Å². The zero-order valence-corrected chi connectivity index (χ0v) is 5.75. The van der Waals surface area contributed by atoms with Gasteiger partial charge in [-0.3, -0.25) is 0 Å².